The Kier molecular flexibility index (Phi) is 49.7. The van der Waals surface area contributed by atoms with E-state index in [9.17, 15) is 29.1 Å². The van der Waals surface area contributed by atoms with Crippen LogP contribution in [0.3, 0.4) is 0 Å². The number of nitrogens with zero attached hydrogens (tertiary/aromatic N) is 2. The van der Waals surface area contributed by atoms with Gasteiger partial charge in [0.1, 0.15) is 57.3 Å². The fraction of sp³-hybridized carbons (Fsp3) is 0.472. The Morgan fingerprint density at radius 1 is 0.449 bits per heavy atom. The number of aliphatic hydroxyl groups is 1. The number of esters is 3. The first-order valence-electron chi connectivity index (χ1n) is 30.1. The van der Waals surface area contributed by atoms with Gasteiger partial charge in [-0.05, 0) is 77.4 Å². The van der Waals surface area contributed by atoms with Crippen molar-refractivity contribution in [2.75, 3.05) is 104 Å². The van der Waals surface area contributed by atoms with E-state index >= 15 is 0 Å². The van der Waals surface area contributed by atoms with Crippen molar-refractivity contribution >= 4 is 71.1 Å². The maximum atomic E-state index is 12.5. The molecule has 0 heterocycles. The molecular weight excluding hydrogens is 1450 g/mol. The molecule has 20 nitrogen and oxygen atoms in total. The summed E-state index contributed by atoms with van der Waals surface area (Å²) in [5.74, 6) is 6.88. The molecule has 5 rings (SSSR count). The predicted molar refractivity (Wildman–Crippen MR) is 388 cm³/mol. The molecule has 5 aromatic carbocycles. The van der Waals surface area contributed by atoms with Gasteiger partial charge in [-0.2, -0.15) is 41.5 Å². The average Bonchev–Trinajstić information content (AvgIpc) is 0.760. The van der Waals surface area contributed by atoms with Crippen molar-refractivity contribution < 1.29 is 135 Å². The molecule has 2 amide bonds. The monoisotopic (exact) mass is 1550 g/mol. The molecule has 0 aromatic heterocycles. The fourth-order valence-electron chi connectivity index (χ4n) is 8.78. The van der Waals surface area contributed by atoms with Crippen LogP contribution < -0.4 is 53.2 Å². The third-order valence-corrected chi connectivity index (χ3v) is 20.3. The van der Waals surface area contributed by atoms with Crippen LogP contribution in [0.4, 0.5) is 5.69 Å². The van der Waals surface area contributed by atoms with Gasteiger partial charge in [-0.3, -0.25) is 32.1 Å². The quantitative estimate of drug-likeness (QED) is 0.0210. The third kappa shape index (κ3) is 34.9. The minimum atomic E-state index is -1.41. The van der Waals surface area contributed by atoms with Crippen LogP contribution in [-0.2, 0) is 93.3 Å². The molecule has 0 bridgehead atoms. The van der Waals surface area contributed by atoms with Gasteiger partial charge < -0.3 is 82.2 Å². The molecule has 558 valence electrons. The van der Waals surface area contributed by atoms with E-state index < -0.39 is 13.5 Å². The Balaban J connectivity index is -0.000000592. The summed E-state index contributed by atoms with van der Waals surface area (Å²) >= 11 is 0. The molecule has 2 unspecified atom stereocenters. The summed E-state index contributed by atoms with van der Waals surface area (Å²) in [6, 6.07) is 29.6. The number of rotatable bonds is 23. The van der Waals surface area contributed by atoms with Gasteiger partial charge in [-0.15, -0.1) is 5.54 Å². The van der Waals surface area contributed by atoms with Crippen molar-refractivity contribution in [1.29, 1.82) is 0 Å². The molecule has 26 heteroatoms. The molecule has 0 fully saturated rings. The van der Waals surface area contributed by atoms with Crippen molar-refractivity contribution in [3.63, 3.8) is 0 Å². The Labute approximate surface area is 620 Å². The molecule has 0 aliphatic rings. The Morgan fingerprint density at radius 2 is 0.806 bits per heavy atom. The van der Waals surface area contributed by atoms with Crippen LogP contribution in [0.15, 0.2) is 97.1 Å². The van der Waals surface area contributed by atoms with Crippen molar-refractivity contribution in [2.45, 2.75) is 125 Å². The van der Waals surface area contributed by atoms with E-state index in [1.807, 2.05) is 87.5 Å². The van der Waals surface area contributed by atoms with Crippen molar-refractivity contribution in [1.82, 2.24) is 0 Å². The van der Waals surface area contributed by atoms with Gasteiger partial charge in [0.2, 0.25) is 0 Å². The van der Waals surface area contributed by atoms with Crippen LogP contribution in [0.1, 0.15) is 115 Å². The number of hydrogen-bond acceptors (Lipinski definition) is 18. The summed E-state index contributed by atoms with van der Waals surface area (Å²) in [5.41, 5.74) is 0.0856. The van der Waals surface area contributed by atoms with Crippen LogP contribution in [0.25, 0.3) is 10.6 Å². The van der Waals surface area contributed by atoms with E-state index in [4.69, 9.17) is 42.6 Å². The van der Waals surface area contributed by atoms with Crippen molar-refractivity contribution in [3.8, 4) is 51.7 Å². The summed E-state index contributed by atoms with van der Waals surface area (Å²) < 4.78 is 62.0. The minimum Gasteiger partial charge on any atom is -0.648 e. The first-order valence-corrected chi connectivity index (χ1v) is 34.3. The summed E-state index contributed by atoms with van der Waals surface area (Å²) in [6.07, 6.45) is 1.26. The molecule has 5 aromatic rings. The van der Waals surface area contributed by atoms with Crippen molar-refractivity contribution in [3.05, 3.63) is 137 Å². The summed E-state index contributed by atoms with van der Waals surface area (Å²) in [7, 11) is 18.0. The zero-order chi connectivity index (χ0) is 73.0. The first kappa shape index (κ1) is 98.4. The number of amides is 2. The Morgan fingerprint density at radius 3 is 1.11 bits per heavy atom. The molecule has 1 N–H and O–H groups in total. The third-order valence-electron chi connectivity index (χ3n) is 13.2. The second kappa shape index (κ2) is 49.5. The van der Waals surface area contributed by atoms with E-state index in [2.05, 4.69) is 66.4 Å². The van der Waals surface area contributed by atoms with E-state index in [1.54, 1.807) is 136 Å². The van der Waals surface area contributed by atoms with Gasteiger partial charge in [-0.25, -0.2) is 0 Å². The second-order valence-electron chi connectivity index (χ2n) is 24.3. The first-order chi connectivity index (χ1) is 44.4. The largest absolute Gasteiger partial charge is 2.00 e. The molecular formula is C72H107N2Ni3O18P3. The summed E-state index contributed by atoms with van der Waals surface area (Å²) in [4.78, 5) is 55.1. The maximum absolute atomic E-state index is 12.5. The number of benzene rings is 5. The molecule has 0 aliphatic heterocycles. The van der Waals surface area contributed by atoms with Crippen LogP contribution in [0.5, 0.6) is 51.7 Å². The van der Waals surface area contributed by atoms with E-state index in [-0.39, 0.29) is 112 Å². The van der Waals surface area contributed by atoms with Gasteiger partial charge in [-0.1, -0.05) is 92.2 Å². The zero-order valence-electron chi connectivity index (χ0n) is 62.1. The molecule has 0 saturated carbocycles. The Hall–Kier alpha value is -6.01. The molecule has 0 spiro atoms. The normalized spacial score (nSPS) is 11.0. The average molecular weight is 1560 g/mol. The topological polar surface area (TPSA) is 245 Å². The number of methoxy groups -OCH3 is 12. The predicted octanol–water partition coefficient (Wildman–Crippen LogP) is 14.0. The molecule has 0 aliphatic carbocycles. The number of carbonyl (C=O) groups is 5. The second-order valence-corrected chi connectivity index (χ2v) is 31.0. The Bertz CT molecular complexity index is 2990. The molecule has 3 atom stereocenters. The number of ether oxygens (including phenoxy) is 12. The van der Waals surface area contributed by atoms with Crippen molar-refractivity contribution in [2.24, 2.45) is 0 Å². The van der Waals surface area contributed by atoms with Crippen LogP contribution in [-0.4, -0.2) is 154 Å². The van der Waals surface area contributed by atoms with Crippen LogP contribution in [0.2, 0.25) is 0 Å². The smallest absolute Gasteiger partial charge is 0.648 e. The molecule has 98 heavy (non-hydrogen) atoms. The SMILES string of the molecule is COC(=O)[C-](C)C.COC(=O)[C-](C)C.COC(=O)[C-](C)C.COc1cc(OC)c([C@](O)(CPc2c(OC)cccc2OC)c2ccccc2)c(OC)c1.COc1ccc([N-]C(=O)C[PH+](C(C)(C)C)C(C)(C)C)c(OC)c1.COc1cccc(OC)c1PCC(=O)[N-]C(C)(C)C.[Ni+2].[Ni+2].[Ni]. The number of carbonyl (C=O) groups excluding carboxylic acids is 5. The number of hydrogen-bond donors (Lipinski definition) is 1. The summed E-state index contributed by atoms with van der Waals surface area (Å²) in [6.45, 7) is 29.3. The standard InChI is InChI=1S/C25H29O6P.C18H30NO3P.C14H22NO3P.3C5H9O2.3Ni/c1-27-18-14-21(30-4)23(22(15-18)31-5)25(26,17-10-7-6-8-11-17)16-32-24-19(28-2)12-9-13-20(24)29-3;1-17(2,3)23(18(4,5)6)12-16(20)19-14-10-9-13(21-7)11-15(14)22-8;1-14(2,3)15-12(16)9-19-13-10(17-4)7-6-8-11(13)18-5;3*1-4(2)5(6)7-3;;;/h6-15,26,32H,16H2,1-5H3;9-11H,12H2,1-8H3,(H,19,20);6-8,19H,9H2,1-5H3,(H,15,16);3*1-3H3;;;/q;;;3*-1;;2*+2/p-1/t25-;;;;;;;;/m0......../s1. The fourth-order valence-corrected chi connectivity index (χ4v) is 15.1. The maximum Gasteiger partial charge on any atom is 2.00 e. The van der Waals surface area contributed by atoms with E-state index in [0.717, 1.165) is 27.7 Å². The van der Waals surface area contributed by atoms with Gasteiger partial charge in [0.15, 0.2) is 17.9 Å². The van der Waals surface area contributed by atoms with Gasteiger partial charge >= 0.3 is 33.0 Å². The van der Waals surface area contributed by atoms with Gasteiger partial charge in [0.05, 0.1) is 130 Å². The van der Waals surface area contributed by atoms with Crippen LogP contribution in [0, 0.1) is 17.8 Å². The summed E-state index contributed by atoms with van der Waals surface area (Å²) in [5, 5.41) is 22.8. The van der Waals surface area contributed by atoms with E-state index in [1.165, 1.54) is 21.3 Å². The minimum absolute atomic E-state index is 0. The molecule has 0 saturated heterocycles. The van der Waals surface area contributed by atoms with Gasteiger partial charge in [0.25, 0.3) is 0 Å². The van der Waals surface area contributed by atoms with Gasteiger partial charge in [0, 0.05) is 54.9 Å². The van der Waals surface area contributed by atoms with Crippen LogP contribution >= 0.6 is 25.1 Å². The molecule has 0 radical (unpaired) electrons. The zero-order valence-corrected chi connectivity index (χ0v) is 68.1. The van der Waals surface area contributed by atoms with E-state index in [0.29, 0.717) is 87.7 Å².